The number of aromatic nitrogens is 1. The van der Waals surface area contributed by atoms with E-state index in [0.717, 1.165) is 0 Å². The van der Waals surface area contributed by atoms with E-state index < -0.39 is 11.9 Å². The number of methoxy groups -OCH3 is 1. The van der Waals surface area contributed by atoms with Crippen LogP contribution in [0.3, 0.4) is 0 Å². The van der Waals surface area contributed by atoms with Crippen LogP contribution in [-0.2, 0) is 4.74 Å². The summed E-state index contributed by atoms with van der Waals surface area (Å²) in [6.45, 7) is 3.19. The summed E-state index contributed by atoms with van der Waals surface area (Å²) in [5.74, 6) is -1.75. The van der Waals surface area contributed by atoms with Gasteiger partial charge < -0.3 is 9.84 Å². The zero-order valence-corrected chi connectivity index (χ0v) is 10.6. The number of halogens is 1. The lowest BCUT2D eigenvalue weighted by Crippen LogP contribution is -2.13. The lowest BCUT2D eigenvalue weighted by molar-refractivity contribution is 0.0598. The summed E-state index contributed by atoms with van der Waals surface area (Å²) in [6.07, 6.45) is 0. The lowest BCUT2D eigenvalue weighted by atomic mass is 10.1. The fraction of sp³-hybridized carbons (Fsp3) is 0.300. The molecule has 1 N–H and O–H groups in total. The summed E-state index contributed by atoms with van der Waals surface area (Å²) in [5, 5.41) is 8.99. The van der Waals surface area contributed by atoms with Crippen LogP contribution >= 0.6 is 15.9 Å². The van der Waals surface area contributed by atoms with Crippen LogP contribution < -0.4 is 0 Å². The third-order valence-corrected chi connectivity index (χ3v) is 2.89. The van der Waals surface area contributed by atoms with Gasteiger partial charge in [0.1, 0.15) is 0 Å². The number of ether oxygens (including phenoxy) is 1. The van der Waals surface area contributed by atoms with E-state index in [-0.39, 0.29) is 15.6 Å². The molecule has 0 unspecified atom stereocenters. The molecule has 0 amide bonds. The van der Waals surface area contributed by atoms with Crippen molar-refractivity contribution in [3.8, 4) is 0 Å². The number of hydrogen-bond donors (Lipinski definition) is 1. The van der Waals surface area contributed by atoms with Crippen molar-refractivity contribution in [1.82, 2.24) is 4.98 Å². The fourth-order valence-corrected chi connectivity index (χ4v) is 2.30. The van der Waals surface area contributed by atoms with Crippen LogP contribution in [0.25, 0.3) is 0 Å². The first-order valence-corrected chi connectivity index (χ1v) is 5.17. The number of aryl methyl sites for hydroxylation is 2. The molecule has 0 radical (unpaired) electrons. The number of carboxylic acids is 1. The molecule has 0 atom stereocenters. The van der Waals surface area contributed by atoms with E-state index in [0.29, 0.717) is 11.4 Å². The predicted molar refractivity (Wildman–Crippen MR) is 59.7 cm³/mol. The van der Waals surface area contributed by atoms with E-state index in [1.54, 1.807) is 13.8 Å². The second-order valence-corrected chi connectivity index (χ2v) is 3.94. The Morgan fingerprint density at radius 2 is 1.75 bits per heavy atom. The minimum Gasteiger partial charge on any atom is -0.478 e. The predicted octanol–water partition coefficient (Wildman–Crippen LogP) is 1.95. The molecule has 0 aliphatic carbocycles. The highest BCUT2D eigenvalue weighted by Crippen LogP contribution is 2.26. The molecular weight excluding hydrogens is 278 g/mol. The fourth-order valence-electron chi connectivity index (χ4n) is 1.39. The van der Waals surface area contributed by atoms with Crippen molar-refractivity contribution in [3.05, 3.63) is 27.0 Å². The molecule has 0 aliphatic rings. The summed E-state index contributed by atoms with van der Waals surface area (Å²) < 4.78 is 4.78. The van der Waals surface area contributed by atoms with Crippen LogP contribution in [-0.4, -0.2) is 29.1 Å². The van der Waals surface area contributed by atoms with Crippen molar-refractivity contribution in [2.45, 2.75) is 13.8 Å². The van der Waals surface area contributed by atoms with Gasteiger partial charge >= 0.3 is 11.9 Å². The first kappa shape index (κ1) is 12.6. The topological polar surface area (TPSA) is 76.5 Å². The Morgan fingerprint density at radius 1 is 1.25 bits per heavy atom. The van der Waals surface area contributed by atoms with E-state index in [1.807, 2.05) is 0 Å². The van der Waals surface area contributed by atoms with Gasteiger partial charge in [-0.15, -0.1) is 0 Å². The standard InChI is InChI=1S/C10H10BrNO4/c1-4-6(9(13)14)8(11)7(5(2)12-4)10(15)16-3/h1-3H3,(H,13,14). The van der Waals surface area contributed by atoms with Gasteiger partial charge in [-0.3, -0.25) is 4.98 Å². The number of esters is 1. The second kappa shape index (κ2) is 4.61. The van der Waals surface area contributed by atoms with E-state index in [2.05, 4.69) is 25.7 Å². The van der Waals surface area contributed by atoms with Crippen LogP contribution in [0.4, 0.5) is 0 Å². The Balaban J connectivity index is 3.57. The zero-order valence-electron chi connectivity index (χ0n) is 9.00. The number of rotatable bonds is 2. The SMILES string of the molecule is COC(=O)c1c(C)nc(C)c(C(=O)O)c1Br. The summed E-state index contributed by atoms with van der Waals surface area (Å²) in [4.78, 5) is 26.5. The molecular formula is C10H10BrNO4. The maximum Gasteiger partial charge on any atom is 0.340 e. The molecule has 86 valence electrons. The number of hydrogen-bond acceptors (Lipinski definition) is 4. The van der Waals surface area contributed by atoms with Crippen LogP contribution in [0.2, 0.25) is 0 Å². The Kier molecular flexibility index (Phi) is 3.64. The highest BCUT2D eigenvalue weighted by atomic mass is 79.9. The average Bonchev–Trinajstić information content (AvgIpc) is 2.15. The van der Waals surface area contributed by atoms with Crippen LogP contribution in [0.5, 0.6) is 0 Å². The Hall–Kier alpha value is -1.43. The number of nitrogens with zero attached hydrogens (tertiary/aromatic N) is 1. The number of carboxylic acid groups (broad SMARTS) is 1. The highest BCUT2D eigenvalue weighted by molar-refractivity contribution is 9.10. The van der Waals surface area contributed by atoms with Gasteiger partial charge in [0.2, 0.25) is 0 Å². The molecule has 6 heteroatoms. The number of pyridine rings is 1. The van der Waals surface area contributed by atoms with E-state index in [1.165, 1.54) is 7.11 Å². The second-order valence-electron chi connectivity index (χ2n) is 3.14. The Bertz CT molecular complexity index is 470. The van der Waals surface area contributed by atoms with Crippen LogP contribution in [0.1, 0.15) is 32.1 Å². The van der Waals surface area contributed by atoms with Crippen molar-refractivity contribution in [2.75, 3.05) is 7.11 Å². The number of carbonyl (C=O) groups is 2. The quantitative estimate of drug-likeness (QED) is 0.842. The van der Waals surface area contributed by atoms with Gasteiger partial charge in [-0.1, -0.05) is 0 Å². The maximum atomic E-state index is 11.5. The highest BCUT2D eigenvalue weighted by Gasteiger charge is 2.23. The summed E-state index contributed by atoms with van der Waals surface area (Å²) in [5.41, 5.74) is 0.905. The van der Waals surface area contributed by atoms with Crippen LogP contribution in [0.15, 0.2) is 4.47 Å². The largest absolute Gasteiger partial charge is 0.478 e. The first-order chi connectivity index (χ1) is 7.40. The average molecular weight is 288 g/mol. The maximum absolute atomic E-state index is 11.5. The molecule has 1 rings (SSSR count). The Morgan fingerprint density at radius 3 is 2.19 bits per heavy atom. The van der Waals surface area contributed by atoms with Crippen molar-refractivity contribution in [1.29, 1.82) is 0 Å². The number of carbonyl (C=O) groups excluding carboxylic acids is 1. The molecule has 0 bridgehead atoms. The summed E-state index contributed by atoms with van der Waals surface area (Å²) >= 11 is 3.10. The third-order valence-electron chi connectivity index (χ3n) is 2.10. The van der Waals surface area contributed by atoms with Crippen molar-refractivity contribution >= 4 is 27.9 Å². The smallest absolute Gasteiger partial charge is 0.340 e. The molecule has 5 nitrogen and oxygen atoms in total. The molecule has 16 heavy (non-hydrogen) atoms. The van der Waals surface area contributed by atoms with Crippen molar-refractivity contribution in [3.63, 3.8) is 0 Å². The first-order valence-electron chi connectivity index (χ1n) is 4.38. The van der Waals surface area contributed by atoms with Gasteiger partial charge in [0, 0.05) is 0 Å². The van der Waals surface area contributed by atoms with Gasteiger partial charge in [-0.25, -0.2) is 9.59 Å². The molecule has 1 heterocycles. The van der Waals surface area contributed by atoms with Gasteiger partial charge in [0.15, 0.2) is 0 Å². The molecule has 0 spiro atoms. The lowest BCUT2D eigenvalue weighted by Gasteiger charge is -2.10. The van der Waals surface area contributed by atoms with E-state index >= 15 is 0 Å². The summed E-state index contributed by atoms with van der Waals surface area (Å²) in [7, 11) is 1.23. The molecule has 1 aromatic rings. The Labute approximate surface area is 101 Å². The monoisotopic (exact) mass is 287 g/mol. The van der Waals surface area contributed by atoms with Gasteiger partial charge in [-0.05, 0) is 29.8 Å². The zero-order chi connectivity index (χ0) is 12.5. The molecule has 1 aromatic heterocycles. The molecule has 0 saturated heterocycles. The molecule has 0 aromatic carbocycles. The van der Waals surface area contributed by atoms with Crippen molar-refractivity contribution in [2.24, 2.45) is 0 Å². The minimum atomic E-state index is -1.14. The molecule has 0 saturated carbocycles. The van der Waals surface area contributed by atoms with E-state index in [9.17, 15) is 9.59 Å². The van der Waals surface area contributed by atoms with E-state index in [4.69, 9.17) is 5.11 Å². The molecule has 0 aliphatic heterocycles. The third kappa shape index (κ3) is 2.06. The summed E-state index contributed by atoms with van der Waals surface area (Å²) in [6, 6.07) is 0. The van der Waals surface area contributed by atoms with Crippen LogP contribution in [0, 0.1) is 13.8 Å². The van der Waals surface area contributed by atoms with Gasteiger partial charge in [-0.2, -0.15) is 0 Å². The van der Waals surface area contributed by atoms with Gasteiger partial charge in [0.25, 0.3) is 0 Å². The normalized spacial score (nSPS) is 10.0. The number of aromatic carboxylic acids is 1. The molecule has 0 fully saturated rings. The van der Waals surface area contributed by atoms with Crippen molar-refractivity contribution < 1.29 is 19.4 Å². The van der Waals surface area contributed by atoms with Gasteiger partial charge in [0.05, 0.1) is 34.1 Å². The minimum absolute atomic E-state index is 0.0222.